The summed E-state index contributed by atoms with van der Waals surface area (Å²) in [7, 11) is 0. The molecule has 0 saturated heterocycles. The molecule has 1 aromatic heterocycles. The molecule has 3 rings (SSSR count). The summed E-state index contributed by atoms with van der Waals surface area (Å²) in [5.74, 6) is -2.23. The molecule has 1 saturated carbocycles. The number of carboxylic acids is 1. The first-order valence-corrected chi connectivity index (χ1v) is 6.65. The van der Waals surface area contributed by atoms with E-state index < -0.39 is 23.2 Å². The highest BCUT2D eigenvalue weighted by Gasteiger charge is 2.65. The number of fused-ring (bicyclic) bond motifs is 1. The largest absolute Gasteiger partial charge is 0.481 e. The smallest absolute Gasteiger partial charge is 0.307 e. The first-order chi connectivity index (χ1) is 9.34. The number of carbonyl (C=O) groups excluding carboxylic acids is 1. The lowest BCUT2D eigenvalue weighted by molar-refractivity contribution is -0.139. The number of carbonyl (C=O) groups is 2. The number of Topliss-reactive ketones (excluding diaryl/α,β-unsaturated/α-hetero) is 1. The van der Waals surface area contributed by atoms with Gasteiger partial charge in [-0.3, -0.25) is 9.59 Å². The van der Waals surface area contributed by atoms with Gasteiger partial charge in [0.1, 0.15) is 0 Å². The van der Waals surface area contributed by atoms with E-state index in [0.717, 1.165) is 5.39 Å². The molecule has 0 spiro atoms. The second kappa shape index (κ2) is 4.09. The third-order valence-corrected chi connectivity index (χ3v) is 4.45. The van der Waals surface area contributed by atoms with E-state index in [9.17, 15) is 9.59 Å². The number of ketones is 1. The summed E-state index contributed by atoms with van der Waals surface area (Å²) in [6.45, 7) is 3.60. The van der Waals surface area contributed by atoms with Gasteiger partial charge in [-0.1, -0.05) is 25.4 Å². The van der Waals surface area contributed by atoms with Crippen LogP contribution in [0.3, 0.4) is 0 Å². The Bertz CT molecular complexity index is 729. The molecular formula is C15H13ClO4. The van der Waals surface area contributed by atoms with Gasteiger partial charge in [0.25, 0.3) is 0 Å². The lowest BCUT2D eigenvalue weighted by Gasteiger charge is -2.03. The van der Waals surface area contributed by atoms with Crippen LogP contribution in [-0.2, 0) is 4.79 Å². The zero-order valence-corrected chi connectivity index (χ0v) is 11.8. The number of furan rings is 1. The first kappa shape index (κ1) is 13.2. The zero-order chi connectivity index (χ0) is 14.7. The Morgan fingerprint density at radius 2 is 2.00 bits per heavy atom. The molecule has 1 N–H and O–H groups in total. The second-order valence-corrected chi connectivity index (χ2v) is 6.18. The van der Waals surface area contributed by atoms with Crippen LogP contribution in [-0.4, -0.2) is 16.9 Å². The van der Waals surface area contributed by atoms with Crippen molar-refractivity contribution in [3.8, 4) is 0 Å². The van der Waals surface area contributed by atoms with Crippen molar-refractivity contribution in [2.75, 3.05) is 0 Å². The van der Waals surface area contributed by atoms with E-state index in [-0.39, 0.29) is 5.78 Å². The van der Waals surface area contributed by atoms with Crippen molar-refractivity contribution in [3.63, 3.8) is 0 Å². The van der Waals surface area contributed by atoms with Crippen molar-refractivity contribution < 1.29 is 19.1 Å². The minimum Gasteiger partial charge on any atom is -0.481 e. The summed E-state index contributed by atoms with van der Waals surface area (Å²) in [5.41, 5.74) is 0.458. The highest BCUT2D eigenvalue weighted by Crippen LogP contribution is 2.59. The minimum absolute atomic E-state index is 0.174. The van der Waals surface area contributed by atoms with Crippen LogP contribution in [0.2, 0.25) is 5.02 Å². The van der Waals surface area contributed by atoms with Gasteiger partial charge in [0.05, 0.1) is 17.2 Å². The van der Waals surface area contributed by atoms with Crippen LogP contribution in [0.1, 0.15) is 24.2 Å². The maximum atomic E-state index is 12.5. The fraction of sp³-hybridized carbons (Fsp3) is 0.333. The van der Waals surface area contributed by atoms with E-state index in [0.29, 0.717) is 16.2 Å². The Kier molecular flexibility index (Phi) is 2.70. The van der Waals surface area contributed by atoms with Crippen molar-refractivity contribution in [1.82, 2.24) is 0 Å². The number of rotatable bonds is 3. The van der Waals surface area contributed by atoms with E-state index in [1.54, 1.807) is 32.0 Å². The van der Waals surface area contributed by atoms with E-state index in [1.807, 2.05) is 0 Å². The van der Waals surface area contributed by atoms with Crippen molar-refractivity contribution in [1.29, 1.82) is 0 Å². The summed E-state index contributed by atoms with van der Waals surface area (Å²) in [4.78, 5) is 23.7. The molecule has 1 heterocycles. The number of carboxylic acid groups (broad SMARTS) is 1. The predicted octanol–water partition coefficient (Wildman–Crippen LogP) is 3.63. The number of aliphatic carboxylic acids is 1. The third kappa shape index (κ3) is 1.75. The van der Waals surface area contributed by atoms with Gasteiger partial charge in [-0.15, -0.1) is 0 Å². The fourth-order valence-corrected chi connectivity index (χ4v) is 3.22. The summed E-state index contributed by atoms with van der Waals surface area (Å²) >= 11 is 6.08. The standard InChI is InChI=1S/C15H13ClO4/c1-15(2)10(11(15)14(18)19)12(17)8-5-7-3-4-20-13(7)9(16)6-8/h3-6,10-11H,1-2H3,(H,18,19)/t10-,11-/m0/s1. The summed E-state index contributed by atoms with van der Waals surface area (Å²) in [6.07, 6.45) is 1.51. The van der Waals surface area contributed by atoms with Gasteiger partial charge in [0.2, 0.25) is 0 Å². The van der Waals surface area contributed by atoms with Crippen LogP contribution in [0.5, 0.6) is 0 Å². The van der Waals surface area contributed by atoms with Gasteiger partial charge in [-0.25, -0.2) is 0 Å². The molecule has 0 bridgehead atoms. The molecule has 1 aromatic carbocycles. The topological polar surface area (TPSA) is 67.5 Å². The molecule has 2 atom stereocenters. The van der Waals surface area contributed by atoms with Crippen LogP contribution >= 0.6 is 11.6 Å². The van der Waals surface area contributed by atoms with Crippen LogP contribution in [0, 0.1) is 17.3 Å². The number of hydrogen-bond donors (Lipinski definition) is 1. The average molecular weight is 293 g/mol. The molecule has 2 aromatic rings. The van der Waals surface area contributed by atoms with Gasteiger partial charge in [-0.2, -0.15) is 0 Å². The maximum absolute atomic E-state index is 12.5. The molecule has 4 nitrogen and oxygen atoms in total. The Balaban J connectivity index is 2.00. The lowest BCUT2D eigenvalue weighted by atomic mass is 10.0. The first-order valence-electron chi connectivity index (χ1n) is 6.28. The van der Waals surface area contributed by atoms with E-state index >= 15 is 0 Å². The van der Waals surface area contributed by atoms with E-state index in [4.69, 9.17) is 21.1 Å². The molecule has 0 unspecified atom stereocenters. The van der Waals surface area contributed by atoms with Crippen LogP contribution in [0.4, 0.5) is 0 Å². The van der Waals surface area contributed by atoms with E-state index in [1.165, 1.54) is 6.26 Å². The molecule has 1 aliphatic rings. The number of halogens is 1. The fourth-order valence-electron chi connectivity index (χ4n) is 2.95. The van der Waals surface area contributed by atoms with Gasteiger partial charge < -0.3 is 9.52 Å². The quantitative estimate of drug-likeness (QED) is 0.877. The normalized spacial score (nSPS) is 23.8. The Morgan fingerprint density at radius 1 is 1.30 bits per heavy atom. The number of hydrogen-bond acceptors (Lipinski definition) is 3. The summed E-state index contributed by atoms with van der Waals surface area (Å²) in [5, 5.41) is 10.3. The monoisotopic (exact) mass is 292 g/mol. The molecule has 0 amide bonds. The Hall–Kier alpha value is -1.81. The molecule has 1 fully saturated rings. The zero-order valence-electron chi connectivity index (χ0n) is 11.0. The van der Waals surface area contributed by atoms with Crippen LogP contribution < -0.4 is 0 Å². The summed E-state index contributed by atoms with van der Waals surface area (Å²) in [6, 6.07) is 4.97. The van der Waals surface area contributed by atoms with Crippen molar-refractivity contribution >= 4 is 34.3 Å². The highest BCUT2D eigenvalue weighted by atomic mass is 35.5. The van der Waals surface area contributed by atoms with Gasteiger partial charge in [0, 0.05) is 16.9 Å². The van der Waals surface area contributed by atoms with Crippen LogP contribution in [0.15, 0.2) is 28.9 Å². The van der Waals surface area contributed by atoms with Crippen molar-refractivity contribution in [3.05, 3.63) is 35.0 Å². The lowest BCUT2D eigenvalue weighted by Crippen LogP contribution is -2.08. The summed E-state index contributed by atoms with van der Waals surface area (Å²) < 4.78 is 5.22. The molecule has 0 aliphatic heterocycles. The van der Waals surface area contributed by atoms with Crippen molar-refractivity contribution in [2.45, 2.75) is 13.8 Å². The molecule has 1 aliphatic carbocycles. The number of benzene rings is 1. The van der Waals surface area contributed by atoms with Gasteiger partial charge in [0.15, 0.2) is 11.4 Å². The molecule has 104 valence electrons. The Labute approximate surface area is 120 Å². The molecule has 5 heteroatoms. The molecule has 0 radical (unpaired) electrons. The molecule has 20 heavy (non-hydrogen) atoms. The average Bonchev–Trinajstić information content (AvgIpc) is 2.73. The minimum atomic E-state index is -0.927. The van der Waals surface area contributed by atoms with Crippen molar-refractivity contribution in [2.24, 2.45) is 17.3 Å². The third-order valence-electron chi connectivity index (χ3n) is 4.17. The van der Waals surface area contributed by atoms with Gasteiger partial charge in [-0.05, 0) is 23.6 Å². The van der Waals surface area contributed by atoms with Gasteiger partial charge >= 0.3 is 5.97 Å². The highest BCUT2D eigenvalue weighted by molar-refractivity contribution is 6.35. The second-order valence-electron chi connectivity index (χ2n) is 5.78. The SMILES string of the molecule is CC1(C)[C@H](C(=O)O)[C@H]1C(=O)c1cc(Cl)c2occc2c1. The van der Waals surface area contributed by atoms with E-state index in [2.05, 4.69) is 0 Å². The predicted molar refractivity (Wildman–Crippen MR) is 74.0 cm³/mol. The Morgan fingerprint density at radius 3 is 2.60 bits per heavy atom. The maximum Gasteiger partial charge on any atom is 0.307 e. The molecular weight excluding hydrogens is 280 g/mol. The van der Waals surface area contributed by atoms with Crippen LogP contribution in [0.25, 0.3) is 11.0 Å².